The molecule has 1 heterocycles. The molecule has 0 spiro atoms. The molecule has 1 aliphatic heterocycles. The minimum atomic E-state index is -0.824. The van der Waals surface area contributed by atoms with Crippen LogP contribution in [-0.4, -0.2) is 29.9 Å². The molecule has 0 amide bonds. The van der Waals surface area contributed by atoms with Crippen LogP contribution in [0.25, 0.3) is 0 Å². The van der Waals surface area contributed by atoms with Gasteiger partial charge in [0.2, 0.25) is 0 Å². The average Bonchev–Trinajstić information content (AvgIpc) is 2.38. The predicted molar refractivity (Wildman–Crippen MR) is 72.4 cm³/mol. The van der Waals surface area contributed by atoms with E-state index in [4.69, 9.17) is 9.47 Å². The third kappa shape index (κ3) is 2.77. The molecule has 2 atom stereocenters. The summed E-state index contributed by atoms with van der Waals surface area (Å²) in [5.74, 6) is 3.40. The van der Waals surface area contributed by atoms with Crippen LogP contribution in [0, 0.1) is 0 Å². The summed E-state index contributed by atoms with van der Waals surface area (Å²) in [4.78, 5) is 0. The zero-order valence-corrected chi connectivity index (χ0v) is 11.6. The van der Waals surface area contributed by atoms with Gasteiger partial charge in [-0.25, -0.2) is 0 Å². The van der Waals surface area contributed by atoms with Crippen LogP contribution in [0.15, 0.2) is 18.2 Å². The lowest BCUT2D eigenvalue weighted by atomic mass is 10.2. The SMILES string of the molecule is COc1ccc(OC)c(C2SCCCS2=O)c1. The van der Waals surface area contributed by atoms with Gasteiger partial charge in [-0.2, -0.15) is 0 Å². The summed E-state index contributed by atoms with van der Waals surface area (Å²) >= 11 is 1.74. The van der Waals surface area contributed by atoms with E-state index in [1.54, 1.807) is 26.0 Å². The van der Waals surface area contributed by atoms with Gasteiger partial charge in [0.1, 0.15) is 16.1 Å². The summed E-state index contributed by atoms with van der Waals surface area (Å²) in [6.45, 7) is 0. The molecule has 0 N–H and O–H groups in total. The molecule has 1 aliphatic rings. The third-order valence-corrected chi connectivity index (χ3v) is 6.24. The maximum absolute atomic E-state index is 12.1. The summed E-state index contributed by atoms with van der Waals surface area (Å²) < 4.78 is 22.6. The molecule has 17 heavy (non-hydrogen) atoms. The Balaban J connectivity index is 2.37. The Hall–Kier alpha value is -0.680. The van der Waals surface area contributed by atoms with Crippen molar-refractivity contribution in [3.63, 3.8) is 0 Å². The highest BCUT2D eigenvalue weighted by atomic mass is 32.2. The second-order valence-electron chi connectivity index (χ2n) is 3.75. The fourth-order valence-corrected chi connectivity index (χ4v) is 5.20. The number of rotatable bonds is 3. The largest absolute Gasteiger partial charge is 0.497 e. The van der Waals surface area contributed by atoms with Crippen molar-refractivity contribution >= 4 is 22.6 Å². The minimum absolute atomic E-state index is 0.00815. The smallest absolute Gasteiger partial charge is 0.124 e. The van der Waals surface area contributed by atoms with Crippen molar-refractivity contribution in [1.82, 2.24) is 0 Å². The first kappa shape index (κ1) is 12.8. The van der Waals surface area contributed by atoms with Gasteiger partial charge in [-0.3, -0.25) is 4.21 Å². The van der Waals surface area contributed by atoms with Crippen molar-refractivity contribution in [2.75, 3.05) is 25.7 Å². The van der Waals surface area contributed by atoms with E-state index in [-0.39, 0.29) is 4.58 Å². The van der Waals surface area contributed by atoms with Crippen LogP contribution >= 0.6 is 11.8 Å². The maximum Gasteiger partial charge on any atom is 0.124 e. The molecule has 1 aromatic carbocycles. The first-order chi connectivity index (χ1) is 8.26. The topological polar surface area (TPSA) is 35.5 Å². The highest BCUT2D eigenvalue weighted by Crippen LogP contribution is 2.42. The molecule has 0 aliphatic carbocycles. The molecule has 0 saturated carbocycles. The molecule has 0 radical (unpaired) electrons. The van der Waals surface area contributed by atoms with E-state index in [1.807, 2.05) is 18.2 Å². The molecular formula is C12H16O3S2. The Bertz CT molecular complexity index is 420. The molecule has 1 saturated heterocycles. The van der Waals surface area contributed by atoms with Crippen molar-refractivity contribution in [2.45, 2.75) is 11.0 Å². The van der Waals surface area contributed by atoms with Crippen LogP contribution in [0.4, 0.5) is 0 Å². The highest BCUT2D eigenvalue weighted by molar-refractivity contribution is 8.11. The summed E-state index contributed by atoms with van der Waals surface area (Å²) in [6.07, 6.45) is 1.03. The van der Waals surface area contributed by atoms with E-state index in [2.05, 4.69) is 0 Å². The molecule has 0 bridgehead atoms. The second kappa shape index (κ2) is 5.78. The number of hydrogen-bond donors (Lipinski definition) is 0. The third-order valence-electron chi connectivity index (χ3n) is 2.69. The fourth-order valence-electron chi connectivity index (χ4n) is 1.83. The van der Waals surface area contributed by atoms with E-state index in [0.29, 0.717) is 0 Å². The Labute approximate surface area is 108 Å². The standard InChI is InChI=1S/C12H16O3S2/c1-14-9-4-5-11(15-2)10(8-9)12-16-6-3-7-17(12)13/h4-5,8,12H,3,6-7H2,1-2H3. The molecular weight excluding hydrogens is 256 g/mol. The van der Waals surface area contributed by atoms with E-state index in [0.717, 1.165) is 35.0 Å². The van der Waals surface area contributed by atoms with Crippen LogP contribution in [-0.2, 0) is 10.8 Å². The lowest BCUT2D eigenvalue weighted by Gasteiger charge is -2.23. The van der Waals surface area contributed by atoms with Gasteiger partial charge in [0, 0.05) is 22.1 Å². The summed E-state index contributed by atoms with van der Waals surface area (Å²) in [5.41, 5.74) is 0.981. The van der Waals surface area contributed by atoms with E-state index in [1.165, 1.54) is 0 Å². The lowest BCUT2D eigenvalue weighted by molar-refractivity contribution is 0.400. The number of ether oxygens (including phenoxy) is 2. The van der Waals surface area contributed by atoms with Crippen LogP contribution < -0.4 is 9.47 Å². The van der Waals surface area contributed by atoms with Gasteiger partial charge in [0.05, 0.1) is 14.2 Å². The van der Waals surface area contributed by atoms with Gasteiger partial charge < -0.3 is 9.47 Å². The lowest BCUT2D eigenvalue weighted by Crippen LogP contribution is -2.14. The molecule has 1 fully saturated rings. The zero-order valence-electron chi connectivity index (χ0n) is 9.97. The van der Waals surface area contributed by atoms with Gasteiger partial charge in [-0.1, -0.05) is 0 Å². The molecule has 5 heteroatoms. The van der Waals surface area contributed by atoms with Gasteiger partial charge in [-0.15, -0.1) is 11.8 Å². The van der Waals surface area contributed by atoms with Crippen molar-refractivity contribution < 1.29 is 13.7 Å². The second-order valence-corrected chi connectivity index (χ2v) is 6.90. The Morgan fingerprint density at radius 2 is 2.18 bits per heavy atom. The average molecular weight is 272 g/mol. The monoisotopic (exact) mass is 272 g/mol. The van der Waals surface area contributed by atoms with Gasteiger partial charge in [0.25, 0.3) is 0 Å². The van der Waals surface area contributed by atoms with Crippen molar-refractivity contribution in [2.24, 2.45) is 0 Å². The minimum Gasteiger partial charge on any atom is -0.497 e. The van der Waals surface area contributed by atoms with E-state index < -0.39 is 10.8 Å². The van der Waals surface area contributed by atoms with Gasteiger partial charge >= 0.3 is 0 Å². The summed E-state index contributed by atoms with van der Waals surface area (Å²) in [6, 6.07) is 5.67. The fraction of sp³-hybridized carbons (Fsp3) is 0.500. The zero-order chi connectivity index (χ0) is 12.3. The molecule has 2 unspecified atom stereocenters. The molecule has 3 nitrogen and oxygen atoms in total. The van der Waals surface area contributed by atoms with Crippen LogP contribution in [0.1, 0.15) is 16.6 Å². The number of thioether (sulfide) groups is 1. The molecule has 94 valence electrons. The quantitative estimate of drug-likeness (QED) is 0.847. The van der Waals surface area contributed by atoms with Crippen molar-refractivity contribution in [1.29, 1.82) is 0 Å². The number of hydrogen-bond acceptors (Lipinski definition) is 4. The first-order valence-electron chi connectivity index (χ1n) is 5.47. The maximum atomic E-state index is 12.1. The van der Waals surface area contributed by atoms with E-state index >= 15 is 0 Å². The molecule has 1 aromatic rings. The molecule has 2 rings (SSSR count). The van der Waals surface area contributed by atoms with Crippen LogP contribution in [0.5, 0.6) is 11.5 Å². The normalized spacial score (nSPS) is 24.4. The van der Waals surface area contributed by atoms with Crippen LogP contribution in [0.3, 0.4) is 0 Å². The number of benzene rings is 1. The Kier molecular flexibility index (Phi) is 4.34. The van der Waals surface area contributed by atoms with Gasteiger partial charge in [-0.05, 0) is 30.4 Å². The van der Waals surface area contributed by atoms with Crippen molar-refractivity contribution in [3.05, 3.63) is 23.8 Å². The van der Waals surface area contributed by atoms with E-state index in [9.17, 15) is 4.21 Å². The summed E-state index contributed by atoms with van der Waals surface area (Å²) in [5, 5.41) is 0. The van der Waals surface area contributed by atoms with Crippen molar-refractivity contribution in [3.8, 4) is 11.5 Å². The Morgan fingerprint density at radius 1 is 1.35 bits per heavy atom. The van der Waals surface area contributed by atoms with Gasteiger partial charge in [0.15, 0.2) is 0 Å². The highest BCUT2D eigenvalue weighted by Gasteiger charge is 2.26. The number of methoxy groups -OCH3 is 2. The predicted octanol–water partition coefficient (Wildman–Crippen LogP) is 2.59. The van der Waals surface area contributed by atoms with Crippen LogP contribution in [0.2, 0.25) is 0 Å². The summed E-state index contributed by atoms with van der Waals surface area (Å²) in [7, 11) is 2.45. The molecule has 0 aromatic heterocycles. The Morgan fingerprint density at radius 3 is 2.82 bits per heavy atom. The first-order valence-corrected chi connectivity index (χ1v) is 7.90.